The summed E-state index contributed by atoms with van der Waals surface area (Å²) in [5, 5.41) is 9.48. The van der Waals surface area contributed by atoms with E-state index in [0.717, 1.165) is 32.0 Å². The van der Waals surface area contributed by atoms with Crippen LogP contribution in [0.2, 0.25) is 0 Å². The van der Waals surface area contributed by atoms with Crippen LogP contribution in [0, 0.1) is 11.3 Å². The average molecular weight is 355 g/mol. The van der Waals surface area contributed by atoms with Crippen LogP contribution in [0.15, 0.2) is 36.2 Å². The third-order valence-electron chi connectivity index (χ3n) is 4.66. The maximum absolute atomic E-state index is 12.7. The molecule has 2 fully saturated rings. The van der Waals surface area contributed by atoms with E-state index in [0.29, 0.717) is 13.1 Å². The average Bonchev–Trinajstić information content (AvgIpc) is 2.66. The molecule has 7 nitrogen and oxygen atoms in total. The molecule has 26 heavy (non-hydrogen) atoms. The van der Waals surface area contributed by atoms with Crippen LogP contribution in [0.5, 0.6) is 0 Å². The first-order chi connectivity index (χ1) is 12.6. The number of pyridine rings is 1. The van der Waals surface area contributed by atoms with E-state index in [2.05, 4.69) is 16.0 Å². The number of amides is 1. The molecule has 0 aromatic carbocycles. The molecule has 7 heteroatoms. The van der Waals surface area contributed by atoms with Gasteiger partial charge >= 0.3 is 0 Å². The molecule has 2 saturated heterocycles. The van der Waals surface area contributed by atoms with Crippen LogP contribution in [0.4, 0.5) is 5.82 Å². The molecule has 2 atom stereocenters. The zero-order valence-electron chi connectivity index (χ0n) is 15.3. The van der Waals surface area contributed by atoms with Gasteiger partial charge in [0.25, 0.3) is 5.91 Å². The van der Waals surface area contributed by atoms with Gasteiger partial charge in [0, 0.05) is 51.7 Å². The summed E-state index contributed by atoms with van der Waals surface area (Å²) in [6.07, 6.45) is 3.48. The molecule has 0 spiro atoms. The summed E-state index contributed by atoms with van der Waals surface area (Å²) >= 11 is 0. The lowest BCUT2D eigenvalue weighted by molar-refractivity contribution is -0.138. The van der Waals surface area contributed by atoms with Gasteiger partial charge in [0.2, 0.25) is 0 Å². The number of hydrogen-bond acceptors (Lipinski definition) is 6. The van der Waals surface area contributed by atoms with Gasteiger partial charge in [-0.3, -0.25) is 4.79 Å². The van der Waals surface area contributed by atoms with Crippen molar-refractivity contribution in [3.63, 3.8) is 0 Å². The van der Waals surface area contributed by atoms with Crippen molar-refractivity contribution >= 4 is 11.7 Å². The summed E-state index contributed by atoms with van der Waals surface area (Å²) in [4.78, 5) is 23.1. The summed E-state index contributed by atoms with van der Waals surface area (Å²) in [7, 11) is 0. The highest BCUT2D eigenvalue weighted by molar-refractivity contribution is 5.97. The van der Waals surface area contributed by atoms with Crippen molar-refractivity contribution in [2.24, 2.45) is 0 Å². The SMILES string of the molecule is CC1CN(C(=O)/C(C#N)=C\N2CCN(c3ccccn3)CC2)CC(C)O1. The van der Waals surface area contributed by atoms with Gasteiger partial charge in [-0.15, -0.1) is 0 Å². The first-order valence-electron chi connectivity index (χ1n) is 9.03. The van der Waals surface area contributed by atoms with Crippen LogP contribution >= 0.6 is 0 Å². The topological polar surface area (TPSA) is 72.7 Å². The van der Waals surface area contributed by atoms with Gasteiger partial charge in [-0.2, -0.15) is 5.26 Å². The van der Waals surface area contributed by atoms with E-state index in [1.807, 2.05) is 36.9 Å². The Bertz CT molecular complexity index is 682. The van der Waals surface area contributed by atoms with Gasteiger partial charge in [0.15, 0.2) is 0 Å². The highest BCUT2D eigenvalue weighted by Gasteiger charge is 2.28. The fourth-order valence-electron chi connectivity index (χ4n) is 3.45. The Morgan fingerprint density at radius 3 is 2.50 bits per heavy atom. The molecule has 0 radical (unpaired) electrons. The Morgan fingerprint density at radius 1 is 1.23 bits per heavy atom. The van der Waals surface area contributed by atoms with Gasteiger partial charge in [-0.05, 0) is 26.0 Å². The van der Waals surface area contributed by atoms with E-state index in [1.165, 1.54) is 0 Å². The van der Waals surface area contributed by atoms with E-state index in [9.17, 15) is 10.1 Å². The van der Waals surface area contributed by atoms with Gasteiger partial charge in [0.05, 0.1) is 12.2 Å². The van der Waals surface area contributed by atoms with E-state index >= 15 is 0 Å². The number of carbonyl (C=O) groups excluding carboxylic acids is 1. The number of nitrogens with zero attached hydrogens (tertiary/aromatic N) is 5. The number of ether oxygens (including phenoxy) is 1. The van der Waals surface area contributed by atoms with Crippen molar-refractivity contribution in [3.8, 4) is 6.07 Å². The maximum atomic E-state index is 12.7. The summed E-state index contributed by atoms with van der Waals surface area (Å²) in [5.74, 6) is 0.755. The summed E-state index contributed by atoms with van der Waals surface area (Å²) < 4.78 is 5.67. The minimum absolute atomic E-state index is 0.00967. The number of nitriles is 1. The van der Waals surface area contributed by atoms with Crippen molar-refractivity contribution in [2.75, 3.05) is 44.2 Å². The Balaban J connectivity index is 1.61. The van der Waals surface area contributed by atoms with Gasteiger partial charge in [-0.1, -0.05) is 6.07 Å². The van der Waals surface area contributed by atoms with E-state index in [1.54, 1.807) is 17.3 Å². The quantitative estimate of drug-likeness (QED) is 0.600. The van der Waals surface area contributed by atoms with Crippen molar-refractivity contribution in [3.05, 3.63) is 36.2 Å². The predicted molar refractivity (Wildman–Crippen MR) is 98.3 cm³/mol. The van der Waals surface area contributed by atoms with Crippen molar-refractivity contribution in [1.82, 2.24) is 14.8 Å². The molecule has 1 amide bonds. The molecule has 3 rings (SSSR count). The number of morpholine rings is 1. The predicted octanol–water partition coefficient (Wildman–Crippen LogP) is 1.25. The molecular formula is C19H25N5O2. The van der Waals surface area contributed by atoms with Gasteiger partial charge in [0.1, 0.15) is 17.5 Å². The Hall–Kier alpha value is -2.59. The molecule has 1 aromatic heterocycles. The third kappa shape index (κ3) is 4.33. The molecule has 3 heterocycles. The lowest BCUT2D eigenvalue weighted by atomic mass is 10.2. The minimum atomic E-state index is -0.207. The van der Waals surface area contributed by atoms with E-state index < -0.39 is 0 Å². The third-order valence-corrected chi connectivity index (χ3v) is 4.66. The Labute approximate surface area is 154 Å². The molecule has 0 N–H and O–H groups in total. The molecule has 138 valence electrons. The second kappa shape index (κ2) is 8.19. The number of hydrogen-bond donors (Lipinski definition) is 0. The normalized spacial score (nSPS) is 24.3. The number of aromatic nitrogens is 1. The van der Waals surface area contributed by atoms with Crippen LogP contribution in [-0.4, -0.2) is 72.2 Å². The lowest BCUT2D eigenvalue weighted by Gasteiger charge is -2.36. The molecule has 0 bridgehead atoms. The molecular weight excluding hydrogens is 330 g/mol. The van der Waals surface area contributed by atoms with Crippen LogP contribution in [0.25, 0.3) is 0 Å². The molecule has 2 unspecified atom stereocenters. The Kier molecular flexibility index (Phi) is 5.74. The maximum Gasteiger partial charge on any atom is 0.266 e. The van der Waals surface area contributed by atoms with E-state index in [-0.39, 0.29) is 23.7 Å². The molecule has 0 saturated carbocycles. The smallest absolute Gasteiger partial charge is 0.266 e. The first-order valence-corrected chi connectivity index (χ1v) is 9.03. The fraction of sp³-hybridized carbons (Fsp3) is 0.526. The number of piperazine rings is 1. The molecule has 1 aromatic rings. The number of anilines is 1. The zero-order valence-corrected chi connectivity index (χ0v) is 15.3. The van der Waals surface area contributed by atoms with Crippen molar-refractivity contribution in [1.29, 1.82) is 5.26 Å². The van der Waals surface area contributed by atoms with Gasteiger partial charge in [-0.25, -0.2) is 4.98 Å². The second-order valence-electron chi connectivity index (χ2n) is 6.83. The minimum Gasteiger partial charge on any atom is -0.373 e. The molecule has 0 aliphatic carbocycles. The van der Waals surface area contributed by atoms with Crippen LogP contribution in [0.3, 0.4) is 0 Å². The zero-order chi connectivity index (χ0) is 18.5. The summed E-state index contributed by atoms with van der Waals surface area (Å²) in [6, 6.07) is 7.96. The van der Waals surface area contributed by atoms with Gasteiger partial charge < -0.3 is 19.4 Å². The van der Waals surface area contributed by atoms with Crippen molar-refractivity contribution in [2.45, 2.75) is 26.1 Å². The monoisotopic (exact) mass is 355 g/mol. The standard InChI is InChI=1S/C19H25N5O2/c1-15-12-24(13-16(2)26-15)19(25)17(11-20)14-22-7-9-23(10-8-22)18-5-3-4-6-21-18/h3-6,14-16H,7-10,12-13H2,1-2H3/b17-14-. The first kappa shape index (κ1) is 18.2. The Morgan fingerprint density at radius 2 is 1.92 bits per heavy atom. The summed E-state index contributed by atoms with van der Waals surface area (Å²) in [6.45, 7) is 8.07. The number of carbonyl (C=O) groups is 1. The largest absolute Gasteiger partial charge is 0.373 e. The van der Waals surface area contributed by atoms with E-state index in [4.69, 9.17) is 4.74 Å². The van der Waals surface area contributed by atoms with Crippen LogP contribution in [-0.2, 0) is 9.53 Å². The molecule has 2 aliphatic rings. The second-order valence-corrected chi connectivity index (χ2v) is 6.83. The fourth-order valence-corrected chi connectivity index (χ4v) is 3.45. The summed E-state index contributed by atoms with van der Waals surface area (Å²) in [5.41, 5.74) is 0.192. The van der Waals surface area contributed by atoms with Crippen LogP contribution < -0.4 is 4.90 Å². The van der Waals surface area contributed by atoms with Crippen LogP contribution in [0.1, 0.15) is 13.8 Å². The highest BCUT2D eigenvalue weighted by Crippen LogP contribution is 2.16. The van der Waals surface area contributed by atoms with Crippen molar-refractivity contribution < 1.29 is 9.53 Å². The number of rotatable bonds is 3. The molecule has 2 aliphatic heterocycles. The highest BCUT2D eigenvalue weighted by atomic mass is 16.5. The lowest BCUT2D eigenvalue weighted by Crippen LogP contribution is -2.49.